The van der Waals surface area contributed by atoms with Crippen LogP contribution in [-0.2, 0) is 13.0 Å². The number of rotatable bonds is 4. The van der Waals surface area contributed by atoms with Crippen molar-refractivity contribution < 1.29 is 0 Å². The minimum absolute atomic E-state index is 0.982. The van der Waals surface area contributed by atoms with Crippen LogP contribution in [-0.4, -0.2) is 31.1 Å². The Morgan fingerprint density at radius 3 is 2.75 bits per heavy atom. The predicted octanol–water partition coefficient (Wildman–Crippen LogP) is 3.21. The monoisotopic (exact) mass is 272 g/mol. The summed E-state index contributed by atoms with van der Waals surface area (Å²) in [5, 5.41) is 3.46. The average Bonchev–Trinajstić information content (AvgIpc) is 2.70. The second kappa shape index (κ2) is 7.24. The summed E-state index contributed by atoms with van der Waals surface area (Å²) in [6.45, 7) is 6.21. The van der Waals surface area contributed by atoms with Crippen LogP contribution in [0.3, 0.4) is 0 Å². The minimum Gasteiger partial charge on any atom is -0.317 e. The molecule has 1 fully saturated rings. The fourth-order valence-electron chi connectivity index (χ4n) is 3.73. The number of piperidine rings is 1. The van der Waals surface area contributed by atoms with Crippen LogP contribution in [0.15, 0.2) is 24.3 Å². The second-order valence-corrected chi connectivity index (χ2v) is 6.48. The molecule has 110 valence electrons. The van der Waals surface area contributed by atoms with Crippen molar-refractivity contribution in [1.82, 2.24) is 10.2 Å². The van der Waals surface area contributed by atoms with Gasteiger partial charge in [-0.15, -0.1) is 0 Å². The van der Waals surface area contributed by atoms with Gasteiger partial charge in [-0.1, -0.05) is 24.3 Å². The van der Waals surface area contributed by atoms with Crippen molar-refractivity contribution in [3.8, 4) is 0 Å². The van der Waals surface area contributed by atoms with Gasteiger partial charge in [0, 0.05) is 6.54 Å². The van der Waals surface area contributed by atoms with Gasteiger partial charge in [-0.05, 0) is 81.7 Å². The molecule has 2 nitrogen and oxygen atoms in total. The van der Waals surface area contributed by atoms with Gasteiger partial charge in [0.05, 0.1) is 0 Å². The molecular weight excluding hydrogens is 244 g/mol. The average molecular weight is 272 g/mol. The van der Waals surface area contributed by atoms with E-state index in [2.05, 4.69) is 34.5 Å². The summed E-state index contributed by atoms with van der Waals surface area (Å²) in [6.07, 6.45) is 8.18. The smallest absolute Gasteiger partial charge is 0.0236 e. The van der Waals surface area contributed by atoms with Gasteiger partial charge in [0.25, 0.3) is 0 Å². The standard InChI is InChI=1S/C18H28N2/c1-2-7-18-15-20(14-4-8-17(18)6-1)13-3-5-16-9-11-19-12-10-16/h1-2,6-7,16,19H,3-5,8-15H2. The van der Waals surface area contributed by atoms with E-state index >= 15 is 0 Å². The highest BCUT2D eigenvalue weighted by Crippen LogP contribution is 2.21. The Balaban J connectivity index is 1.46. The fraction of sp³-hybridized carbons (Fsp3) is 0.667. The van der Waals surface area contributed by atoms with Crippen molar-refractivity contribution >= 4 is 0 Å². The molecule has 0 aliphatic carbocycles. The summed E-state index contributed by atoms with van der Waals surface area (Å²) in [5.41, 5.74) is 3.14. The topological polar surface area (TPSA) is 15.3 Å². The number of benzene rings is 1. The molecule has 20 heavy (non-hydrogen) atoms. The maximum atomic E-state index is 3.46. The molecule has 0 atom stereocenters. The minimum atomic E-state index is 0.982. The molecule has 2 heterocycles. The second-order valence-electron chi connectivity index (χ2n) is 6.48. The van der Waals surface area contributed by atoms with Gasteiger partial charge in [0.2, 0.25) is 0 Å². The molecule has 0 bridgehead atoms. The quantitative estimate of drug-likeness (QED) is 0.905. The number of fused-ring (bicyclic) bond motifs is 1. The van der Waals surface area contributed by atoms with Crippen LogP contribution in [0.4, 0.5) is 0 Å². The zero-order valence-electron chi connectivity index (χ0n) is 12.6. The van der Waals surface area contributed by atoms with E-state index in [-0.39, 0.29) is 0 Å². The van der Waals surface area contributed by atoms with E-state index in [0.717, 1.165) is 5.92 Å². The van der Waals surface area contributed by atoms with E-state index < -0.39 is 0 Å². The fourth-order valence-corrected chi connectivity index (χ4v) is 3.73. The van der Waals surface area contributed by atoms with Gasteiger partial charge in [-0.25, -0.2) is 0 Å². The maximum absolute atomic E-state index is 3.46. The third-order valence-electron chi connectivity index (χ3n) is 4.98. The molecule has 1 N–H and O–H groups in total. The van der Waals surface area contributed by atoms with Gasteiger partial charge in [0.15, 0.2) is 0 Å². The Hall–Kier alpha value is -0.860. The molecule has 0 aromatic heterocycles. The van der Waals surface area contributed by atoms with Crippen LogP contribution in [0.2, 0.25) is 0 Å². The number of hydrogen-bond acceptors (Lipinski definition) is 2. The lowest BCUT2D eigenvalue weighted by Gasteiger charge is -2.25. The Bertz CT molecular complexity index is 410. The Kier molecular flexibility index (Phi) is 5.10. The molecule has 2 aliphatic heterocycles. The zero-order chi connectivity index (χ0) is 13.6. The lowest BCUT2D eigenvalue weighted by Crippen LogP contribution is -2.29. The number of nitrogens with zero attached hydrogens (tertiary/aromatic N) is 1. The summed E-state index contributed by atoms with van der Waals surface area (Å²) in [4.78, 5) is 2.67. The molecule has 2 heteroatoms. The summed E-state index contributed by atoms with van der Waals surface area (Å²) >= 11 is 0. The molecule has 0 saturated carbocycles. The number of aryl methyl sites for hydroxylation is 1. The molecule has 1 saturated heterocycles. The van der Waals surface area contributed by atoms with Gasteiger partial charge < -0.3 is 5.32 Å². The molecule has 1 aromatic rings. The highest BCUT2D eigenvalue weighted by Gasteiger charge is 2.16. The first-order chi connectivity index (χ1) is 9.92. The molecule has 3 rings (SSSR count). The summed E-state index contributed by atoms with van der Waals surface area (Å²) in [7, 11) is 0. The van der Waals surface area contributed by atoms with Crippen LogP contribution in [0.1, 0.15) is 43.2 Å². The Morgan fingerprint density at radius 1 is 1.10 bits per heavy atom. The SMILES string of the molecule is c1ccc2c(c1)CCCN(CCCC1CCNCC1)C2. The number of nitrogens with one attached hydrogen (secondary N) is 1. The molecule has 1 aromatic carbocycles. The molecule has 0 spiro atoms. The van der Waals surface area contributed by atoms with E-state index in [1.54, 1.807) is 11.1 Å². The summed E-state index contributed by atoms with van der Waals surface area (Å²) < 4.78 is 0. The van der Waals surface area contributed by atoms with E-state index in [9.17, 15) is 0 Å². The van der Waals surface area contributed by atoms with Crippen LogP contribution in [0.5, 0.6) is 0 Å². The predicted molar refractivity (Wildman–Crippen MR) is 84.9 cm³/mol. The third kappa shape index (κ3) is 3.83. The van der Waals surface area contributed by atoms with Gasteiger partial charge in [-0.2, -0.15) is 0 Å². The molecule has 0 unspecified atom stereocenters. The zero-order valence-corrected chi connectivity index (χ0v) is 12.6. The largest absolute Gasteiger partial charge is 0.317 e. The first-order valence-electron chi connectivity index (χ1n) is 8.41. The van der Waals surface area contributed by atoms with E-state index in [0.29, 0.717) is 0 Å². The highest BCUT2D eigenvalue weighted by atomic mass is 15.1. The summed E-state index contributed by atoms with van der Waals surface area (Å²) in [6, 6.07) is 9.01. The lowest BCUT2D eigenvalue weighted by atomic mass is 9.93. The molecule has 2 aliphatic rings. The van der Waals surface area contributed by atoms with Crippen LogP contribution in [0, 0.1) is 5.92 Å². The lowest BCUT2D eigenvalue weighted by molar-refractivity contribution is 0.247. The highest BCUT2D eigenvalue weighted by molar-refractivity contribution is 5.27. The van der Waals surface area contributed by atoms with Gasteiger partial charge in [-0.3, -0.25) is 4.90 Å². The van der Waals surface area contributed by atoms with E-state index in [4.69, 9.17) is 0 Å². The first kappa shape index (κ1) is 14.1. The van der Waals surface area contributed by atoms with Crippen molar-refractivity contribution in [3.63, 3.8) is 0 Å². The normalized spacial score (nSPS) is 21.4. The van der Waals surface area contributed by atoms with Crippen molar-refractivity contribution in [2.75, 3.05) is 26.2 Å². The van der Waals surface area contributed by atoms with Crippen LogP contribution < -0.4 is 5.32 Å². The van der Waals surface area contributed by atoms with Crippen molar-refractivity contribution in [1.29, 1.82) is 0 Å². The van der Waals surface area contributed by atoms with E-state index in [1.807, 2.05) is 0 Å². The molecule has 0 amide bonds. The van der Waals surface area contributed by atoms with E-state index in [1.165, 1.54) is 71.2 Å². The molecular formula is C18H28N2. The number of hydrogen-bond donors (Lipinski definition) is 1. The van der Waals surface area contributed by atoms with Gasteiger partial charge >= 0.3 is 0 Å². The van der Waals surface area contributed by atoms with Crippen molar-refractivity contribution in [3.05, 3.63) is 35.4 Å². The first-order valence-corrected chi connectivity index (χ1v) is 8.41. The summed E-state index contributed by atoms with van der Waals surface area (Å²) in [5.74, 6) is 0.982. The van der Waals surface area contributed by atoms with Crippen LogP contribution >= 0.6 is 0 Å². The third-order valence-corrected chi connectivity index (χ3v) is 4.98. The van der Waals surface area contributed by atoms with Crippen molar-refractivity contribution in [2.24, 2.45) is 5.92 Å². The van der Waals surface area contributed by atoms with Crippen molar-refractivity contribution in [2.45, 2.75) is 45.1 Å². The van der Waals surface area contributed by atoms with Crippen LogP contribution in [0.25, 0.3) is 0 Å². The Morgan fingerprint density at radius 2 is 1.90 bits per heavy atom. The van der Waals surface area contributed by atoms with Gasteiger partial charge in [0.1, 0.15) is 0 Å². The Labute approximate surface area is 123 Å². The maximum Gasteiger partial charge on any atom is 0.0236 e. The molecule has 0 radical (unpaired) electrons.